The van der Waals surface area contributed by atoms with E-state index in [1.165, 1.54) is 24.3 Å². The second-order valence-electron chi connectivity index (χ2n) is 4.97. The molecule has 0 saturated heterocycles. The van der Waals surface area contributed by atoms with Crippen molar-refractivity contribution in [3.05, 3.63) is 82.7 Å². The maximum Gasteiger partial charge on any atom is 0.259 e. The summed E-state index contributed by atoms with van der Waals surface area (Å²) in [6, 6.07) is 16.5. The number of hydrogen-bond acceptors (Lipinski definition) is 3. The Morgan fingerprint density at radius 3 is 2.50 bits per heavy atom. The van der Waals surface area contributed by atoms with Gasteiger partial charge in [0.25, 0.3) is 5.91 Å². The Kier molecular flexibility index (Phi) is 4.86. The van der Waals surface area contributed by atoms with Gasteiger partial charge in [0.15, 0.2) is 0 Å². The van der Waals surface area contributed by atoms with E-state index >= 15 is 0 Å². The number of anilines is 3. The van der Waals surface area contributed by atoms with Crippen molar-refractivity contribution in [2.45, 2.75) is 0 Å². The van der Waals surface area contributed by atoms with Crippen LogP contribution < -0.4 is 10.6 Å². The fourth-order valence-corrected chi connectivity index (χ4v) is 2.49. The molecule has 6 heteroatoms. The summed E-state index contributed by atoms with van der Waals surface area (Å²) in [5, 5.41) is 5.87. The minimum absolute atomic E-state index is 0.329. The lowest BCUT2D eigenvalue weighted by Gasteiger charge is -2.12. The highest BCUT2D eigenvalue weighted by Crippen LogP contribution is 2.26. The maximum atomic E-state index is 13.0. The molecule has 1 heterocycles. The smallest absolute Gasteiger partial charge is 0.259 e. The molecule has 0 unspecified atom stereocenters. The number of nitrogens with one attached hydrogen (secondary N) is 2. The van der Waals surface area contributed by atoms with Crippen LogP contribution in [0.1, 0.15) is 10.4 Å². The first-order valence-electron chi connectivity index (χ1n) is 7.17. The molecule has 1 amide bonds. The van der Waals surface area contributed by atoms with Crippen molar-refractivity contribution in [3.8, 4) is 0 Å². The summed E-state index contributed by atoms with van der Waals surface area (Å²) in [7, 11) is 0. The van der Waals surface area contributed by atoms with Crippen LogP contribution in [0.25, 0.3) is 0 Å². The molecule has 0 aliphatic rings. The van der Waals surface area contributed by atoms with Crippen LogP contribution in [-0.2, 0) is 0 Å². The van der Waals surface area contributed by atoms with Crippen molar-refractivity contribution in [1.82, 2.24) is 4.98 Å². The van der Waals surface area contributed by atoms with Crippen LogP contribution in [0.4, 0.5) is 21.6 Å². The molecule has 0 aliphatic heterocycles. The van der Waals surface area contributed by atoms with Gasteiger partial charge in [-0.1, -0.05) is 12.1 Å². The van der Waals surface area contributed by atoms with Gasteiger partial charge in [0, 0.05) is 16.4 Å². The number of nitrogens with zero attached hydrogens (tertiary/aromatic N) is 1. The van der Waals surface area contributed by atoms with E-state index in [1.54, 1.807) is 18.3 Å². The third-order valence-corrected chi connectivity index (χ3v) is 3.97. The highest BCUT2D eigenvalue weighted by atomic mass is 79.9. The van der Waals surface area contributed by atoms with Crippen LogP contribution in [0.2, 0.25) is 0 Å². The summed E-state index contributed by atoms with van der Waals surface area (Å²) in [4.78, 5) is 16.7. The van der Waals surface area contributed by atoms with Crippen molar-refractivity contribution < 1.29 is 9.18 Å². The Hall–Kier alpha value is -2.73. The molecule has 24 heavy (non-hydrogen) atoms. The van der Waals surface area contributed by atoms with E-state index in [-0.39, 0.29) is 11.7 Å². The topological polar surface area (TPSA) is 54.0 Å². The monoisotopic (exact) mass is 385 g/mol. The van der Waals surface area contributed by atoms with E-state index in [1.807, 2.05) is 24.3 Å². The zero-order chi connectivity index (χ0) is 16.9. The van der Waals surface area contributed by atoms with E-state index in [0.717, 1.165) is 10.2 Å². The number of rotatable bonds is 4. The molecule has 120 valence electrons. The Morgan fingerprint density at radius 2 is 1.75 bits per heavy atom. The summed E-state index contributed by atoms with van der Waals surface area (Å²) in [6.45, 7) is 0. The molecular weight excluding hydrogens is 373 g/mol. The van der Waals surface area contributed by atoms with Gasteiger partial charge in [0.2, 0.25) is 0 Å². The number of hydrogen-bond donors (Lipinski definition) is 2. The molecule has 0 aliphatic carbocycles. The van der Waals surface area contributed by atoms with E-state index in [0.29, 0.717) is 17.1 Å². The molecule has 4 nitrogen and oxygen atoms in total. The Bertz CT molecular complexity index is 868. The van der Waals surface area contributed by atoms with Gasteiger partial charge >= 0.3 is 0 Å². The molecular formula is C18H13BrFN3O. The average Bonchev–Trinajstić information content (AvgIpc) is 2.59. The van der Waals surface area contributed by atoms with E-state index in [9.17, 15) is 9.18 Å². The van der Waals surface area contributed by atoms with Gasteiger partial charge in [-0.15, -0.1) is 0 Å². The van der Waals surface area contributed by atoms with Gasteiger partial charge in [-0.2, -0.15) is 0 Å². The van der Waals surface area contributed by atoms with Crippen molar-refractivity contribution in [2.24, 2.45) is 0 Å². The van der Waals surface area contributed by atoms with Gasteiger partial charge in [0.1, 0.15) is 11.6 Å². The number of pyridine rings is 1. The van der Waals surface area contributed by atoms with Crippen LogP contribution in [0, 0.1) is 5.82 Å². The van der Waals surface area contributed by atoms with Crippen molar-refractivity contribution in [1.29, 1.82) is 0 Å². The van der Waals surface area contributed by atoms with E-state index in [4.69, 9.17) is 0 Å². The normalized spacial score (nSPS) is 10.2. The first-order valence-corrected chi connectivity index (χ1v) is 7.96. The van der Waals surface area contributed by atoms with Crippen LogP contribution in [-0.4, -0.2) is 10.9 Å². The Labute approximate surface area is 146 Å². The molecule has 0 fully saturated rings. The molecule has 2 N–H and O–H groups in total. The number of carbonyl (C=O) groups excluding carboxylic acids is 1. The van der Waals surface area contributed by atoms with Crippen molar-refractivity contribution in [3.63, 3.8) is 0 Å². The van der Waals surface area contributed by atoms with E-state index < -0.39 is 0 Å². The molecule has 0 saturated carbocycles. The van der Waals surface area contributed by atoms with Crippen LogP contribution >= 0.6 is 15.9 Å². The summed E-state index contributed by atoms with van der Waals surface area (Å²) in [5.41, 5.74) is 1.70. The lowest BCUT2D eigenvalue weighted by Crippen LogP contribution is -2.14. The minimum Gasteiger partial charge on any atom is -0.339 e. The summed E-state index contributed by atoms with van der Waals surface area (Å²) < 4.78 is 13.8. The number of amides is 1. The van der Waals surface area contributed by atoms with E-state index in [2.05, 4.69) is 31.5 Å². The molecule has 0 atom stereocenters. The molecule has 1 aromatic heterocycles. The predicted molar refractivity (Wildman–Crippen MR) is 96.0 cm³/mol. The molecule has 3 rings (SSSR count). The lowest BCUT2D eigenvalue weighted by molar-refractivity contribution is 0.102. The maximum absolute atomic E-state index is 13.0. The predicted octanol–water partition coefficient (Wildman–Crippen LogP) is 4.98. The van der Waals surface area contributed by atoms with Gasteiger partial charge in [0.05, 0.1) is 11.3 Å². The fraction of sp³-hybridized carbons (Fsp3) is 0. The first-order chi connectivity index (χ1) is 11.6. The van der Waals surface area contributed by atoms with Crippen LogP contribution in [0.3, 0.4) is 0 Å². The number of halogens is 2. The molecule has 3 aromatic rings. The molecule has 2 aromatic carbocycles. The van der Waals surface area contributed by atoms with Gasteiger partial charge in [-0.25, -0.2) is 9.37 Å². The largest absolute Gasteiger partial charge is 0.339 e. The minimum atomic E-state index is -0.356. The van der Waals surface area contributed by atoms with Crippen LogP contribution in [0.5, 0.6) is 0 Å². The highest BCUT2D eigenvalue weighted by molar-refractivity contribution is 9.10. The second-order valence-corrected chi connectivity index (χ2v) is 5.82. The van der Waals surface area contributed by atoms with Crippen molar-refractivity contribution >= 4 is 39.0 Å². The standard InChI is InChI=1S/C18H13BrFN3O/c19-15-5-1-2-6-16(15)23-17-14(4-3-11-21-17)18(24)22-13-9-7-12(20)8-10-13/h1-11H,(H,21,23)(H,22,24). The van der Waals surface area contributed by atoms with Crippen molar-refractivity contribution in [2.75, 3.05) is 10.6 Å². The van der Waals surface area contributed by atoms with Gasteiger partial charge in [-0.05, 0) is 64.5 Å². The van der Waals surface area contributed by atoms with Crippen LogP contribution in [0.15, 0.2) is 71.3 Å². The summed E-state index contributed by atoms with van der Waals surface area (Å²) in [6.07, 6.45) is 1.61. The first kappa shape index (κ1) is 16.1. The third kappa shape index (κ3) is 3.78. The summed E-state index contributed by atoms with van der Waals surface area (Å²) >= 11 is 3.45. The van der Waals surface area contributed by atoms with Gasteiger partial charge < -0.3 is 10.6 Å². The SMILES string of the molecule is O=C(Nc1ccc(F)cc1)c1cccnc1Nc1ccccc1Br. The quantitative estimate of drug-likeness (QED) is 0.665. The average molecular weight is 386 g/mol. The number of carbonyl (C=O) groups is 1. The number of aromatic nitrogens is 1. The zero-order valence-corrected chi connectivity index (χ0v) is 14.0. The lowest BCUT2D eigenvalue weighted by atomic mass is 10.2. The molecule has 0 radical (unpaired) electrons. The fourth-order valence-electron chi connectivity index (χ4n) is 2.11. The zero-order valence-electron chi connectivity index (χ0n) is 12.5. The third-order valence-electron chi connectivity index (χ3n) is 3.28. The Balaban J connectivity index is 1.84. The summed E-state index contributed by atoms with van der Waals surface area (Å²) in [5.74, 6) is -0.251. The number of para-hydroxylation sites is 1. The number of benzene rings is 2. The highest BCUT2D eigenvalue weighted by Gasteiger charge is 2.13. The Morgan fingerprint density at radius 1 is 1.00 bits per heavy atom. The molecule has 0 bridgehead atoms. The molecule has 0 spiro atoms. The second kappa shape index (κ2) is 7.23. The van der Waals surface area contributed by atoms with Gasteiger partial charge in [-0.3, -0.25) is 4.79 Å².